The van der Waals surface area contributed by atoms with Crippen LogP contribution in [0, 0.1) is 5.92 Å². The van der Waals surface area contributed by atoms with Crippen molar-refractivity contribution in [2.45, 2.75) is 56.5 Å². The average Bonchev–Trinajstić information content (AvgIpc) is 3.05. The Bertz CT molecular complexity index is 930. The number of fused-ring (bicyclic) bond motifs is 1. The molecule has 0 aromatic heterocycles. The largest absolute Gasteiger partial charge is 0.329 e. The zero-order valence-corrected chi connectivity index (χ0v) is 18.1. The fourth-order valence-electron chi connectivity index (χ4n) is 6.08. The summed E-state index contributed by atoms with van der Waals surface area (Å²) in [5.74, 6) is 0.638. The Morgan fingerprint density at radius 1 is 0.903 bits per heavy atom. The van der Waals surface area contributed by atoms with Crippen LogP contribution in [0.1, 0.15) is 49.7 Å². The van der Waals surface area contributed by atoms with Gasteiger partial charge in [0.15, 0.2) is 12.2 Å². The van der Waals surface area contributed by atoms with E-state index in [4.69, 9.17) is 0 Å². The third-order valence-corrected chi connectivity index (χ3v) is 7.62. The molecule has 3 aliphatic rings. The number of likely N-dealkylation sites (tertiary alicyclic amines) is 1. The molecule has 2 aromatic carbocycles. The summed E-state index contributed by atoms with van der Waals surface area (Å²) in [4.78, 5) is 30.0. The Kier molecular flexibility index (Phi) is 5.53. The topological polar surface area (TPSA) is 53.9 Å². The van der Waals surface area contributed by atoms with E-state index >= 15 is 0 Å². The summed E-state index contributed by atoms with van der Waals surface area (Å²) in [7, 11) is 0. The number of piperidine rings is 1. The van der Waals surface area contributed by atoms with Crippen molar-refractivity contribution < 1.29 is 14.5 Å². The van der Waals surface area contributed by atoms with Gasteiger partial charge in [0.05, 0.1) is 12.6 Å². The Balaban J connectivity index is 1.44. The monoisotopic (exact) mass is 418 g/mol. The van der Waals surface area contributed by atoms with Crippen molar-refractivity contribution in [1.82, 2.24) is 10.2 Å². The minimum atomic E-state index is -1.04. The number of hydrogen-bond acceptors (Lipinski definition) is 2. The van der Waals surface area contributed by atoms with E-state index in [0.717, 1.165) is 23.6 Å². The highest BCUT2D eigenvalue weighted by molar-refractivity contribution is 6.07. The van der Waals surface area contributed by atoms with Gasteiger partial charge in [0.2, 0.25) is 0 Å². The van der Waals surface area contributed by atoms with Crippen LogP contribution in [0.15, 0.2) is 60.7 Å². The van der Waals surface area contributed by atoms with Crippen molar-refractivity contribution in [1.29, 1.82) is 0 Å². The van der Waals surface area contributed by atoms with Crippen molar-refractivity contribution in [2.75, 3.05) is 13.2 Å². The van der Waals surface area contributed by atoms with E-state index in [-0.39, 0.29) is 11.9 Å². The van der Waals surface area contributed by atoms with Gasteiger partial charge >= 0.3 is 6.03 Å². The van der Waals surface area contributed by atoms with Crippen molar-refractivity contribution in [3.63, 3.8) is 0 Å². The number of benzene rings is 2. The van der Waals surface area contributed by atoms with Gasteiger partial charge in [0.1, 0.15) is 0 Å². The van der Waals surface area contributed by atoms with Crippen molar-refractivity contribution in [3.05, 3.63) is 71.8 Å². The molecule has 2 aliphatic heterocycles. The summed E-state index contributed by atoms with van der Waals surface area (Å²) >= 11 is 0. The van der Waals surface area contributed by atoms with E-state index in [2.05, 4.69) is 5.32 Å². The van der Waals surface area contributed by atoms with E-state index < -0.39 is 5.54 Å². The molecule has 2 aromatic rings. The SMILES string of the molecule is O=C1N[C@@](Cc2ccccc2)(c2ccccc2)C(=O)N1C[NH+]1CCC[C@H]2CCCC[C@@H]21. The van der Waals surface area contributed by atoms with Gasteiger partial charge in [0.25, 0.3) is 5.91 Å². The van der Waals surface area contributed by atoms with Gasteiger partial charge < -0.3 is 10.2 Å². The van der Waals surface area contributed by atoms with Gasteiger partial charge in [-0.15, -0.1) is 0 Å². The standard InChI is InChI=1S/C26H31N3O2/c30-24-26(22-14-5-2-6-15-22,18-20-10-3-1-4-11-20)27-25(31)29(24)19-28-17-9-13-21-12-7-8-16-23(21)28/h1-6,10-11,14-15,21,23H,7-9,12-13,16-19H2,(H,27,31)/p+1/t21-,23+,26+/m1/s1. The quantitative estimate of drug-likeness (QED) is 0.734. The molecule has 0 spiro atoms. The molecule has 2 saturated heterocycles. The van der Waals surface area contributed by atoms with Crippen LogP contribution in [-0.2, 0) is 16.8 Å². The normalized spacial score (nSPS) is 30.7. The van der Waals surface area contributed by atoms with E-state index in [0.29, 0.717) is 19.1 Å². The van der Waals surface area contributed by atoms with Crippen LogP contribution in [0.2, 0.25) is 0 Å². The Morgan fingerprint density at radius 2 is 1.58 bits per heavy atom. The van der Waals surface area contributed by atoms with Crippen molar-refractivity contribution >= 4 is 11.9 Å². The molecule has 3 amide bonds. The number of amides is 3. The molecule has 5 rings (SSSR count). The minimum absolute atomic E-state index is 0.113. The lowest BCUT2D eigenvalue weighted by atomic mass is 9.78. The highest BCUT2D eigenvalue weighted by atomic mass is 16.2. The number of nitrogens with one attached hydrogen (secondary N) is 2. The lowest BCUT2D eigenvalue weighted by Crippen LogP contribution is -3.19. The van der Waals surface area contributed by atoms with Gasteiger partial charge in [-0.2, -0.15) is 0 Å². The lowest BCUT2D eigenvalue weighted by molar-refractivity contribution is -0.942. The molecule has 2 N–H and O–H groups in total. The number of rotatable bonds is 5. The number of quaternary nitrogens is 1. The summed E-state index contributed by atoms with van der Waals surface area (Å²) in [6.07, 6.45) is 8.07. The first-order chi connectivity index (χ1) is 15.2. The summed E-state index contributed by atoms with van der Waals surface area (Å²) in [5.41, 5.74) is 0.851. The van der Waals surface area contributed by atoms with E-state index in [9.17, 15) is 9.59 Å². The summed E-state index contributed by atoms with van der Waals surface area (Å²) < 4.78 is 0. The molecule has 5 heteroatoms. The molecule has 4 atom stereocenters. The van der Waals surface area contributed by atoms with Crippen LogP contribution >= 0.6 is 0 Å². The van der Waals surface area contributed by atoms with Gasteiger partial charge in [-0.25, -0.2) is 9.69 Å². The van der Waals surface area contributed by atoms with Crippen LogP contribution in [-0.4, -0.2) is 36.1 Å². The van der Waals surface area contributed by atoms with Crippen LogP contribution in [0.3, 0.4) is 0 Å². The number of urea groups is 1. The highest BCUT2D eigenvalue weighted by Crippen LogP contribution is 2.33. The first-order valence-electron chi connectivity index (χ1n) is 11.8. The molecule has 0 radical (unpaired) electrons. The summed E-state index contributed by atoms with van der Waals surface area (Å²) in [6.45, 7) is 1.53. The molecule has 2 heterocycles. The number of nitrogens with zero attached hydrogens (tertiary/aromatic N) is 1. The predicted molar refractivity (Wildman–Crippen MR) is 119 cm³/mol. The van der Waals surface area contributed by atoms with E-state index in [1.165, 1.54) is 48.3 Å². The number of hydrogen-bond donors (Lipinski definition) is 2. The van der Waals surface area contributed by atoms with Crippen LogP contribution in [0.25, 0.3) is 0 Å². The second-order valence-electron chi connectivity index (χ2n) is 9.46. The molecule has 1 saturated carbocycles. The molecule has 162 valence electrons. The van der Waals surface area contributed by atoms with Gasteiger partial charge in [-0.1, -0.05) is 67.1 Å². The second-order valence-corrected chi connectivity index (χ2v) is 9.46. The maximum absolute atomic E-state index is 13.9. The molecule has 31 heavy (non-hydrogen) atoms. The average molecular weight is 419 g/mol. The first kappa shape index (κ1) is 20.3. The Hall–Kier alpha value is -2.66. The zero-order valence-electron chi connectivity index (χ0n) is 18.1. The third-order valence-electron chi connectivity index (χ3n) is 7.62. The summed E-state index contributed by atoms with van der Waals surface area (Å²) in [5, 5.41) is 3.12. The predicted octanol–water partition coefficient (Wildman–Crippen LogP) is 2.87. The second kappa shape index (κ2) is 8.46. The van der Waals surface area contributed by atoms with Crippen LogP contribution in [0.5, 0.6) is 0 Å². The molecule has 5 nitrogen and oxygen atoms in total. The van der Waals surface area contributed by atoms with E-state index in [1.807, 2.05) is 60.7 Å². The number of carbonyl (C=O) groups excluding carboxylic acids is 2. The Morgan fingerprint density at radius 3 is 2.35 bits per heavy atom. The highest BCUT2D eigenvalue weighted by Gasteiger charge is 2.54. The molecule has 1 unspecified atom stereocenters. The van der Waals surface area contributed by atoms with Gasteiger partial charge in [-0.3, -0.25) is 4.79 Å². The Labute approximate surface area is 184 Å². The number of imide groups is 1. The fourth-order valence-corrected chi connectivity index (χ4v) is 6.08. The summed E-state index contributed by atoms with van der Waals surface area (Å²) in [6, 6.07) is 20.0. The molecule has 3 fully saturated rings. The third kappa shape index (κ3) is 3.76. The van der Waals surface area contributed by atoms with Crippen LogP contribution < -0.4 is 10.2 Å². The van der Waals surface area contributed by atoms with Gasteiger partial charge in [-0.05, 0) is 43.2 Å². The minimum Gasteiger partial charge on any atom is -0.319 e. The lowest BCUT2D eigenvalue weighted by Gasteiger charge is -2.42. The zero-order chi connectivity index (χ0) is 21.3. The van der Waals surface area contributed by atoms with Gasteiger partial charge in [0, 0.05) is 12.3 Å². The molecule has 1 aliphatic carbocycles. The van der Waals surface area contributed by atoms with Crippen molar-refractivity contribution in [3.8, 4) is 0 Å². The molecule has 0 bridgehead atoms. The fraction of sp³-hybridized carbons (Fsp3) is 0.462. The maximum atomic E-state index is 13.9. The van der Waals surface area contributed by atoms with E-state index in [1.54, 1.807) is 0 Å². The number of carbonyl (C=O) groups is 2. The smallest absolute Gasteiger partial charge is 0.319 e. The maximum Gasteiger partial charge on any atom is 0.329 e. The first-order valence-corrected chi connectivity index (χ1v) is 11.8. The molecular weight excluding hydrogens is 386 g/mol. The van der Waals surface area contributed by atoms with Crippen LogP contribution in [0.4, 0.5) is 4.79 Å². The van der Waals surface area contributed by atoms with Crippen molar-refractivity contribution in [2.24, 2.45) is 5.92 Å². The molecular formula is C26H32N3O2+.